The summed E-state index contributed by atoms with van der Waals surface area (Å²) in [5.41, 5.74) is 0.349. The lowest BCUT2D eigenvalue weighted by molar-refractivity contribution is -0.117. The molecule has 0 bridgehead atoms. The molecule has 0 radical (unpaired) electrons. The van der Waals surface area contributed by atoms with E-state index in [1.54, 1.807) is 30.3 Å². The molecule has 6 heteroatoms. The van der Waals surface area contributed by atoms with Crippen molar-refractivity contribution in [2.24, 2.45) is 0 Å². The molecule has 0 spiro atoms. The van der Waals surface area contributed by atoms with Gasteiger partial charge >= 0.3 is 0 Å². The van der Waals surface area contributed by atoms with Gasteiger partial charge in [0, 0.05) is 15.6 Å². The second-order valence-corrected chi connectivity index (χ2v) is 4.88. The molecular formula is C15H10Cl2N2O2. The van der Waals surface area contributed by atoms with Crippen LogP contribution in [-0.4, -0.2) is 5.91 Å². The van der Waals surface area contributed by atoms with Gasteiger partial charge in [-0.2, -0.15) is 5.26 Å². The summed E-state index contributed by atoms with van der Waals surface area (Å²) in [6, 6.07) is 10.2. The highest BCUT2D eigenvalue weighted by molar-refractivity contribution is 6.37. The minimum Gasteiger partial charge on any atom is -0.467 e. The molecule has 1 aromatic heterocycles. The van der Waals surface area contributed by atoms with Crippen LogP contribution in [0.1, 0.15) is 11.3 Å². The maximum atomic E-state index is 12.0. The zero-order chi connectivity index (χ0) is 15.2. The van der Waals surface area contributed by atoms with Crippen molar-refractivity contribution in [1.29, 1.82) is 5.26 Å². The number of carbonyl (C=O) groups excluding carboxylic acids is 1. The average Bonchev–Trinajstić information content (AvgIpc) is 2.98. The molecule has 0 atom stereocenters. The Morgan fingerprint density at radius 2 is 2.00 bits per heavy atom. The number of benzene rings is 1. The van der Waals surface area contributed by atoms with Gasteiger partial charge in [0.05, 0.1) is 12.8 Å². The number of nitrogens with zero attached hydrogens (tertiary/aromatic N) is 1. The third-order valence-electron chi connectivity index (χ3n) is 2.66. The second-order valence-electron chi connectivity index (χ2n) is 4.07. The van der Waals surface area contributed by atoms with E-state index in [4.69, 9.17) is 32.9 Å². The van der Waals surface area contributed by atoms with E-state index in [-0.39, 0.29) is 12.1 Å². The Balaban J connectivity index is 2.17. The molecule has 21 heavy (non-hydrogen) atoms. The van der Waals surface area contributed by atoms with Crippen LogP contribution in [-0.2, 0) is 11.3 Å². The monoisotopic (exact) mass is 320 g/mol. The molecule has 2 rings (SSSR count). The molecule has 0 aliphatic carbocycles. The highest BCUT2D eigenvalue weighted by Gasteiger charge is 2.12. The fraction of sp³-hybridized carbons (Fsp3) is 0.0667. The number of rotatable bonds is 4. The summed E-state index contributed by atoms with van der Waals surface area (Å²) in [5, 5.41) is 12.4. The number of furan rings is 1. The lowest BCUT2D eigenvalue weighted by Gasteiger charge is -2.04. The molecule has 0 fully saturated rings. The minimum atomic E-state index is -0.523. The summed E-state index contributed by atoms with van der Waals surface area (Å²) in [6.45, 7) is 0.196. The Bertz CT molecular complexity index is 696. The Hall–Kier alpha value is -2.22. The van der Waals surface area contributed by atoms with Crippen LogP contribution in [0.15, 0.2) is 46.6 Å². The SMILES string of the molecule is N#C/C(=C\c1c(Cl)cccc1Cl)C(=O)NCc1ccco1. The summed E-state index contributed by atoms with van der Waals surface area (Å²) in [6.07, 6.45) is 2.87. The normalized spacial score (nSPS) is 11.0. The third-order valence-corrected chi connectivity index (χ3v) is 3.32. The highest BCUT2D eigenvalue weighted by Crippen LogP contribution is 2.26. The Labute approximate surface area is 131 Å². The van der Waals surface area contributed by atoms with Crippen molar-refractivity contribution in [2.75, 3.05) is 0 Å². The largest absolute Gasteiger partial charge is 0.467 e. The van der Waals surface area contributed by atoms with Crippen molar-refractivity contribution in [3.63, 3.8) is 0 Å². The van der Waals surface area contributed by atoms with E-state index in [1.165, 1.54) is 12.3 Å². The topological polar surface area (TPSA) is 66.0 Å². The van der Waals surface area contributed by atoms with E-state index in [2.05, 4.69) is 5.32 Å². The van der Waals surface area contributed by atoms with Gasteiger partial charge < -0.3 is 9.73 Å². The zero-order valence-corrected chi connectivity index (χ0v) is 12.3. The molecular weight excluding hydrogens is 311 g/mol. The Morgan fingerprint density at radius 3 is 2.57 bits per heavy atom. The fourth-order valence-electron chi connectivity index (χ4n) is 1.62. The molecule has 0 aliphatic rings. The number of amides is 1. The van der Waals surface area contributed by atoms with Gasteiger partial charge in [0.2, 0.25) is 0 Å². The smallest absolute Gasteiger partial charge is 0.262 e. The van der Waals surface area contributed by atoms with Gasteiger partial charge in [0.15, 0.2) is 0 Å². The van der Waals surface area contributed by atoms with Gasteiger partial charge in [-0.25, -0.2) is 0 Å². The van der Waals surface area contributed by atoms with Gasteiger partial charge in [-0.15, -0.1) is 0 Å². The first kappa shape index (κ1) is 15.2. The number of hydrogen-bond acceptors (Lipinski definition) is 3. The predicted molar refractivity (Wildman–Crippen MR) is 80.6 cm³/mol. The van der Waals surface area contributed by atoms with Crippen molar-refractivity contribution in [3.8, 4) is 6.07 Å². The number of nitriles is 1. The number of halogens is 2. The maximum Gasteiger partial charge on any atom is 0.262 e. The first-order valence-electron chi connectivity index (χ1n) is 5.98. The van der Waals surface area contributed by atoms with Gasteiger partial charge in [0.25, 0.3) is 5.91 Å². The van der Waals surface area contributed by atoms with Gasteiger partial charge in [-0.1, -0.05) is 29.3 Å². The summed E-state index contributed by atoms with van der Waals surface area (Å²) in [5.74, 6) is 0.0707. The van der Waals surface area contributed by atoms with Crippen LogP contribution in [0.2, 0.25) is 10.0 Å². The molecule has 1 aromatic carbocycles. The predicted octanol–water partition coefficient (Wildman–Crippen LogP) is 3.81. The van der Waals surface area contributed by atoms with Crippen molar-refractivity contribution >= 4 is 35.2 Å². The van der Waals surface area contributed by atoms with Crippen LogP contribution in [0.25, 0.3) is 6.08 Å². The standard InChI is InChI=1S/C15H10Cl2N2O2/c16-13-4-1-5-14(17)12(13)7-10(8-18)15(20)19-9-11-3-2-6-21-11/h1-7H,9H2,(H,19,20)/b10-7+. The number of carbonyl (C=O) groups is 1. The molecule has 1 heterocycles. The van der Waals surface area contributed by atoms with E-state index in [9.17, 15) is 4.79 Å². The van der Waals surface area contributed by atoms with Crippen molar-refractivity contribution in [3.05, 3.63) is 63.5 Å². The molecule has 2 aromatic rings. The van der Waals surface area contributed by atoms with Gasteiger partial charge in [-0.3, -0.25) is 4.79 Å². The van der Waals surface area contributed by atoms with E-state index >= 15 is 0 Å². The molecule has 0 aliphatic heterocycles. The summed E-state index contributed by atoms with van der Waals surface area (Å²) >= 11 is 12.0. The first-order chi connectivity index (χ1) is 10.1. The van der Waals surface area contributed by atoms with Crippen LogP contribution in [0, 0.1) is 11.3 Å². The summed E-state index contributed by atoms with van der Waals surface area (Å²) < 4.78 is 5.09. The van der Waals surface area contributed by atoms with Crippen molar-refractivity contribution < 1.29 is 9.21 Å². The molecule has 1 N–H and O–H groups in total. The fourth-order valence-corrected chi connectivity index (χ4v) is 2.12. The van der Waals surface area contributed by atoms with Gasteiger partial charge in [0.1, 0.15) is 17.4 Å². The lowest BCUT2D eigenvalue weighted by atomic mass is 10.1. The third kappa shape index (κ3) is 3.88. The first-order valence-corrected chi connectivity index (χ1v) is 6.74. The van der Waals surface area contributed by atoms with Crippen LogP contribution < -0.4 is 5.32 Å². The van der Waals surface area contributed by atoms with Crippen LogP contribution in [0.4, 0.5) is 0 Å². The molecule has 0 saturated heterocycles. The number of hydrogen-bond donors (Lipinski definition) is 1. The highest BCUT2D eigenvalue weighted by atomic mass is 35.5. The molecule has 106 valence electrons. The average molecular weight is 321 g/mol. The van der Waals surface area contributed by atoms with E-state index in [0.717, 1.165) is 0 Å². The summed E-state index contributed by atoms with van der Waals surface area (Å²) in [4.78, 5) is 12.0. The molecule has 0 saturated carbocycles. The maximum absolute atomic E-state index is 12.0. The van der Waals surface area contributed by atoms with E-state index < -0.39 is 5.91 Å². The van der Waals surface area contributed by atoms with Crippen LogP contribution >= 0.6 is 23.2 Å². The van der Waals surface area contributed by atoms with Crippen molar-refractivity contribution in [2.45, 2.75) is 6.54 Å². The Kier molecular flexibility index (Phi) is 5.04. The zero-order valence-electron chi connectivity index (χ0n) is 10.8. The van der Waals surface area contributed by atoms with Crippen LogP contribution in [0.5, 0.6) is 0 Å². The van der Waals surface area contributed by atoms with E-state index in [0.29, 0.717) is 21.4 Å². The quantitative estimate of drug-likeness (QED) is 0.688. The molecule has 4 nitrogen and oxygen atoms in total. The molecule has 0 unspecified atom stereocenters. The van der Waals surface area contributed by atoms with Gasteiger partial charge in [-0.05, 0) is 30.3 Å². The molecule has 1 amide bonds. The lowest BCUT2D eigenvalue weighted by Crippen LogP contribution is -2.23. The minimum absolute atomic E-state index is 0.0865. The second kappa shape index (κ2) is 6.98. The summed E-state index contributed by atoms with van der Waals surface area (Å²) in [7, 11) is 0. The van der Waals surface area contributed by atoms with E-state index in [1.807, 2.05) is 6.07 Å². The van der Waals surface area contributed by atoms with Crippen molar-refractivity contribution in [1.82, 2.24) is 5.32 Å². The van der Waals surface area contributed by atoms with Crippen LogP contribution in [0.3, 0.4) is 0 Å². The number of nitrogens with one attached hydrogen (secondary N) is 1. The Morgan fingerprint density at radius 1 is 1.29 bits per heavy atom.